The van der Waals surface area contributed by atoms with E-state index in [-0.39, 0.29) is 5.56 Å². The Balaban J connectivity index is 2.87. The third-order valence-electron chi connectivity index (χ3n) is 2.16. The summed E-state index contributed by atoms with van der Waals surface area (Å²) in [7, 11) is 0. The number of carbonyl (C=O) groups is 3. The number of amides is 1. The first kappa shape index (κ1) is 15.5. The van der Waals surface area contributed by atoms with E-state index in [1.54, 1.807) is 0 Å². The topological polar surface area (TPSA) is 104 Å². The summed E-state index contributed by atoms with van der Waals surface area (Å²) in [6, 6.07) is 2.85. The Morgan fingerprint density at radius 1 is 1.32 bits per heavy atom. The van der Waals surface area contributed by atoms with Crippen LogP contribution in [0.25, 0.3) is 0 Å². The summed E-state index contributed by atoms with van der Waals surface area (Å²) in [5, 5.41) is 19.9. The van der Waals surface area contributed by atoms with Crippen molar-refractivity contribution >= 4 is 45.4 Å². The average Bonchev–Trinajstić information content (AvgIpc) is 2.26. The molecule has 19 heavy (non-hydrogen) atoms. The second kappa shape index (κ2) is 6.53. The van der Waals surface area contributed by atoms with Gasteiger partial charge in [-0.05, 0) is 34.1 Å². The van der Waals surface area contributed by atoms with Gasteiger partial charge in [-0.1, -0.05) is 11.6 Å². The Morgan fingerprint density at radius 3 is 2.42 bits per heavy atom. The van der Waals surface area contributed by atoms with E-state index in [0.29, 0.717) is 9.50 Å². The van der Waals surface area contributed by atoms with E-state index in [0.717, 1.165) is 0 Å². The molecule has 1 atom stereocenters. The maximum atomic E-state index is 11.8. The number of rotatable bonds is 5. The van der Waals surface area contributed by atoms with Crippen molar-refractivity contribution in [3.8, 4) is 0 Å². The van der Waals surface area contributed by atoms with E-state index < -0.39 is 30.3 Å². The minimum atomic E-state index is -1.49. The first-order valence-electron chi connectivity index (χ1n) is 5.01. The predicted octanol–water partition coefficient (Wildman–Crippen LogP) is 1.76. The van der Waals surface area contributed by atoms with E-state index in [4.69, 9.17) is 21.8 Å². The summed E-state index contributed by atoms with van der Waals surface area (Å²) in [4.78, 5) is 33.2. The lowest BCUT2D eigenvalue weighted by Gasteiger charge is -2.13. The van der Waals surface area contributed by atoms with Crippen LogP contribution in [0.15, 0.2) is 22.7 Å². The number of halogens is 2. The van der Waals surface area contributed by atoms with Crippen molar-refractivity contribution in [2.45, 2.75) is 12.5 Å². The quantitative estimate of drug-likeness (QED) is 0.751. The molecule has 0 radical (unpaired) electrons. The molecule has 1 amide bonds. The van der Waals surface area contributed by atoms with E-state index >= 15 is 0 Å². The summed E-state index contributed by atoms with van der Waals surface area (Å²) in [6.45, 7) is 0. The summed E-state index contributed by atoms with van der Waals surface area (Å²) >= 11 is 8.83. The highest BCUT2D eigenvalue weighted by Gasteiger charge is 2.24. The molecule has 0 spiro atoms. The van der Waals surface area contributed by atoms with Crippen molar-refractivity contribution in [2.24, 2.45) is 0 Å². The number of aliphatic carboxylic acids is 2. The fourth-order valence-electron chi connectivity index (χ4n) is 1.28. The van der Waals surface area contributed by atoms with Gasteiger partial charge < -0.3 is 15.5 Å². The smallest absolute Gasteiger partial charge is 0.326 e. The molecule has 0 aliphatic heterocycles. The molecular formula is C11H9BrClNO5. The molecule has 0 aromatic heterocycles. The fraction of sp³-hybridized carbons (Fsp3) is 0.182. The third-order valence-corrected chi connectivity index (χ3v) is 3.05. The highest BCUT2D eigenvalue weighted by atomic mass is 79.9. The van der Waals surface area contributed by atoms with Gasteiger partial charge in [-0.3, -0.25) is 9.59 Å². The van der Waals surface area contributed by atoms with E-state index in [9.17, 15) is 14.4 Å². The normalized spacial score (nSPS) is 11.7. The van der Waals surface area contributed by atoms with Crippen LogP contribution in [-0.4, -0.2) is 34.1 Å². The van der Waals surface area contributed by atoms with Gasteiger partial charge in [0.1, 0.15) is 6.04 Å². The van der Waals surface area contributed by atoms with Crippen LogP contribution < -0.4 is 5.32 Å². The molecule has 0 bridgehead atoms. The van der Waals surface area contributed by atoms with Crippen LogP contribution in [0.1, 0.15) is 16.8 Å². The largest absolute Gasteiger partial charge is 0.481 e. The molecule has 0 saturated heterocycles. The van der Waals surface area contributed by atoms with Gasteiger partial charge in [-0.25, -0.2) is 4.79 Å². The monoisotopic (exact) mass is 349 g/mol. The summed E-state index contributed by atoms with van der Waals surface area (Å²) in [5.41, 5.74) is 0.168. The van der Waals surface area contributed by atoms with Crippen LogP contribution in [0, 0.1) is 0 Å². The predicted molar refractivity (Wildman–Crippen MR) is 70.3 cm³/mol. The number of hydrogen-bond donors (Lipinski definition) is 3. The number of hydrogen-bond acceptors (Lipinski definition) is 3. The first-order chi connectivity index (χ1) is 8.81. The number of carboxylic acids is 2. The molecule has 0 aliphatic rings. The Bertz CT molecular complexity index is 534. The molecule has 0 saturated carbocycles. The lowest BCUT2D eigenvalue weighted by atomic mass is 10.1. The Hall–Kier alpha value is -1.60. The molecule has 8 heteroatoms. The zero-order chi connectivity index (χ0) is 14.6. The SMILES string of the molecule is O=C(O)C[C@@H](NC(=O)c1ccc(Cl)cc1Br)C(=O)O. The number of nitrogens with one attached hydrogen (secondary N) is 1. The lowest BCUT2D eigenvalue weighted by Crippen LogP contribution is -2.42. The van der Waals surface area contributed by atoms with Gasteiger partial charge in [0.05, 0.1) is 12.0 Å². The van der Waals surface area contributed by atoms with Crippen molar-refractivity contribution < 1.29 is 24.6 Å². The van der Waals surface area contributed by atoms with Gasteiger partial charge in [0.15, 0.2) is 0 Å². The molecule has 0 fully saturated rings. The molecule has 6 nitrogen and oxygen atoms in total. The van der Waals surface area contributed by atoms with Crippen molar-refractivity contribution in [1.82, 2.24) is 5.32 Å². The van der Waals surface area contributed by atoms with Gasteiger partial charge in [-0.2, -0.15) is 0 Å². The summed E-state index contributed by atoms with van der Waals surface area (Å²) in [6.07, 6.45) is -0.702. The van der Waals surface area contributed by atoms with Crippen molar-refractivity contribution in [3.63, 3.8) is 0 Å². The van der Waals surface area contributed by atoms with E-state index in [1.165, 1.54) is 18.2 Å². The number of carboxylic acid groups (broad SMARTS) is 2. The Labute approximate surface area is 121 Å². The Kier molecular flexibility index (Phi) is 5.31. The average molecular weight is 351 g/mol. The molecule has 1 aromatic rings. The molecular weight excluding hydrogens is 341 g/mol. The van der Waals surface area contributed by atoms with Gasteiger partial charge in [-0.15, -0.1) is 0 Å². The van der Waals surface area contributed by atoms with Crippen LogP contribution in [-0.2, 0) is 9.59 Å². The van der Waals surface area contributed by atoms with Crippen LogP contribution in [0.3, 0.4) is 0 Å². The molecule has 0 aliphatic carbocycles. The highest BCUT2D eigenvalue weighted by molar-refractivity contribution is 9.10. The summed E-state index contributed by atoms with van der Waals surface area (Å²) < 4.78 is 0.386. The molecule has 3 N–H and O–H groups in total. The minimum absolute atomic E-state index is 0.168. The van der Waals surface area contributed by atoms with Crippen molar-refractivity contribution in [1.29, 1.82) is 0 Å². The number of carbonyl (C=O) groups excluding carboxylic acids is 1. The van der Waals surface area contributed by atoms with Gasteiger partial charge in [0.2, 0.25) is 0 Å². The maximum absolute atomic E-state index is 11.8. The lowest BCUT2D eigenvalue weighted by molar-refractivity contribution is -0.145. The van der Waals surface area contributed by atoms with Crippen molar-refractivity contribution in [2.75, 3.05) is 0 Å². The van der Waals surface area contributed by atoms with Crippen LogP contribution in [0.2, 0.25) is 5.02 Å². The molecule has 1 rings (SSSR count). The van der Waals surface area contributed by atoms with Gasteiger partial charge in [0, 0.05) is 9.50 Å². The van der Waals surface area contributed by atoms with Crippen LogP contribution in [0.5, 0.6) is 0 Å². The minimum Gasteiger partial charge on any atom is -0.481 e. The fourth-order valence-corrected chi connectivity index (χ4v) is 2.15. The van der Waals surface area contributed by atoms with Gasteiger partial charge >= 0.3 is 11.9 Å². The zero-order valence-corrected chi connectivity index (χ0v) is 11.7. The third kappa shape index (κ3) is 4.53. The van der Waals surface area contributed by atoms with Crippen molar-refractivity contribution in [3.05, 3.63) is 33.3 Å². The van der Waals surface area contributed by atoms with E-state index in [2.05, 4.69) is 21.2 Å². The second-order valence-corrected chi connectivity index (χ2v) is 4.88. The first-order valence-corrected chi connectivity index (χ1v) is 6.19. The number of benzene rings is 1. The maximum Gasteiger partial charge on any atom is 0.326 e. The standard InChI is InChI=1S/C11H9BrClNO5/c12-7-3-5(13)1-2-6(7)10(17)14-8(11(18)19)4-9(15)16/h1-3,8H,4H2,(H,14,17)(H,15,16)(H,18,19)/t8-/m1/s1. The van der Waals surface area contributed by atoms with E-state index in [1.807, 2.05) is 0 Å². The van der Waals surface area contributed by atoms with Gasteiger partial charge in [0.25, 0.3) is 5.91 Å². The second-order valence-electron chi connectivity index (χ2n) is 3.59. The molecule has 0 heterocycles. The molecule has 1 aromatic carbocycles. The zero-order valence-electron chi connectivity index (χ0n) is 9.39. The van der Waals surface area contributed by atoms with Crippen LogP contribution in [0.4, 0.5) is 0 Å². The van der Waals surface area contributed by atoms with Crippen LogP contribution >= 0.6 is 27.5 Å². The molecule has 102 valence electrons. The highest BCUT2D eigenvalue weighted by Crippen LogP contribution is 2.21. The Morgan fingerprint density at radius 2 is 1.95 bits per heavy atom. The molecule has 0 unspecified atom stereocenters. The summed E-state index contributed by atoms with van der Waals surface area (Å²) in [5.74, 6) is -3.43.